The van der Waals surface area contributed by atoms with Gasteiger partial charge in [-0.3, -0.25) is 9.59 Å². The van der Waals surface area contributed by atoms with E-state index in [1.165, 1.54) is 32.6 Å². The topological polar surface area (TPSA) is 124 Å². The van der Waals surface area contributed by atoms with E-state index in [4.69, 9.17) is 0 Å². The maximum atomic E-state index is 12.6. The molecule has 3 rings (SSSR count). The smallest absolute Gasteiger partial charge is 0.328 e. The SMILES string of the molecule is CC(O)C(NC1=C(CC2CCCC3CCCCC32)C(=O)C(=O)C=C1O)C(=O)O. The van der Waals surface area contributed by atoms with Crippen LogP contribution in [0.15, 0.2) is 23.1 Å². The predicted octanol–water partition coefficient (Wildman–Crippen LogP) is 2.25. The predicted molar refractivity (Wildman–Crippen MR) is 101 cm³/mol. The first-order valence-corrected chi connectivity index (χ1v) is 10.2. The van der Waals surface area contributed by atoms with E-state index in [-0.39, 0.29) is 17.2 Å². The number of nitrogens with one attached hydrogen (secondary N) is 1. The molecule has 0 heterocycles. The van der Waals surface area contributed by atoms with Crippen LogP contribution in [0.3, 0.4) is 0 Å². The number of ketones is 2. The van der Waals surface area contributed by atoms with Crippen molar-refractivity contribution < 1.29 is 29.7 Å². The second-order valence-electron chi connectivity index (χ2n) is 8.38. The van der Waals surface area contributed by atoms with E-state index in [1.54, 1.807) is 0 Å². The van der Waals surface area contributed by atoms with Crippen LogP contribution in [0.2, 0.25) is 0 Å². The highest BCUT2D eigenvalue weighted by Crippen LogP contribution is 2.46. The van der Waals surface area contributed by atoms with E-state index in [0.717, 1.165) is 25.3 Å². The zero-order valence-electron chi connectivity index (χ0n) is 16.2. The van der Waals surface area contributed by atoms with E-state index in [0.29, 0.717) is 18.3 Å². The third-order valence-electron chi connectivity index (χ3n) is 6.56. The Morgan fingerprint density at radius 2 is 1.86 bits per heavy atom. The van der Waals surface area contributed by atoms with Gasteiger partial charge in [-0.1, -0.05) is 32.1 Å². The molecule has 0 aromatic carbocycles. The summed E-state index contributed by atoms with van der Waals surface area (Å²) in [4.78, 5) is 36.1. The van der Waals surface area contributed by atoms with Crippen LogP contribution in [0, 0.1) is 17.8 Å². The second kappa shape index (κ2) is 8.47. The number of carboxylic acid groups (broad SMARTS) is 1. The third kappa shape index (κ3) is 4.14. The lowest BCUT2D eigenvalue weighted by Crippen LogP contribution is -2.46. The Morgan fingerprint density at radius 3 is 2.54 bits per heavy atom. The molecule has 0 bridgehead atoms. The van der Waals surface area contributed by atoms with Gasteiger partial charge in [0.15, 0.2) is 6.04 Å². The highest BCUT2D eigenvalue weighted by atomic mass is 16.4. The largest absolute Gasteiger partial charge is 0.506 e. The molecule has 0 aromatic rings. The first-order chi connectivity index (χ1) is 13.3. The summed E-state index contributed by atoms with van der Waals surface area (Å²) in [6.07, 6.45) is 7.88. The average Bonchev–Trinajstić information content (AvgIpc) is 2.65. The van der Waals surface area contributed by atoms with Gasteiger partial charge in [-0.2, -0.15) is 0 Å². The number of fused-ring (bicyclic) bond motifs is 1. The van der Waals surface area contributed by atoms with Crippen LogP contribution in [0.5, 0.6) is 0 Å². The van der Waals surface area contributed by atoms with Crippen molar-refractivity contribution in [2.45, 2.75) is 70.4 Å². The van der Waals surface area contributed by atoms with Crippen molar-refractivity contribution in [2.24, 2.45) is 17.8 Å². The van der Waals surface area contributed by atoms with Crippen LogP contribution in [-0.4, -0.2) is 45.0 Å². The van der Waals surface area contributed by atoms with Crippen molar-refractivity contribution >= 4 is 17.5 Å². The molecule has 0 spiro atoms. The summed E-state index contributed by atoms with van der Waals surface area (Å²) < 4.78 is 0. The van der Waals surface area contributed by atoms with E-state index in [2.05, 4.69) is 5.32 Å². The molecule has 7 heteroatoms. The molecule has 154 valence electrons. The summed E-state index contributed by atoms with van der Waals surface area (Å²) >= 11 is 0. The Kier molecular flexibility index (Phi) is 6.23. The Morgan fingerprint density at radius 1 is 1.18 bits per heavy atom. The highest BCUT2D eigenvalue weighted by molar-refractivity contribution is 6.48. The quantitative estimate of drug-likeness (QED) is 0.404. The summed E-state index contributed by atoms with van der Waals surface area (Å²) in [6, 6.07) is -1.39. The van der Waals surface area contributed by atoms with Crippen molar-refractivity contribution in [3.05, 3.63) is 23.1 Å². The molecule has 4 N–H and O–H groups in total. The molecule has 0 saturated heterocycles. The molecular formula is C21H29NO6. The van der Waals surface area contributed by atoms with E-state index < -0.39 is 35.4 Å². The summed E-state index contributed by atoms with van der Waals surface area (Å²) in [5.74, 6) is -1.85. The summed E-state index contributed by atoms with van der Waals surface area (Å²) in [5.41, 5.74) is 0.115. The van der Waals surface area contributed by atoms with Crippen LogP contribution in [0.25, 0.3) is 0 Å². The molecule has 0 aromatic heterocycles. The lowest BCUT2D eigenvalue weighted by Gasteiger charge is -2.42. The number of allylic oxidation sites excluding steroid dienone is 2. The fraction of sp³-hybridized carbons (Fsp3) is 0.667. The second-order valence-corrected chi connectivity index (χ2v) is 8.38. The monoisotopic (exact) mass is 391 g/mol. The van der Waals surface area contributed by atoms with Crippen LogP contribution in [0.4, 0.5) is 0 Å². The van der Waals surface area contributed by atoms with E-state index >= 15 is 0 Å². The van der Waals surface area contributed by atoms with Crippen molar-refractivity contribution in [1.82, 2.24) is 5.32 Å². The van der Waals surface area contributed by atoms with Crippen LogP contribution < -0.4 is 5.32 Å². The van der Waals surface area contributed by atoms with Crippen molar-refractivity contribution in [3.63, 3.8) is 0 Å². The Balaban J connectivity index is 1.91. The molecule has 2 saturated carbocycles. The lowest BCUT2D eigenvalue weighted by atomic mass is 9.63. The number of aliphatic carboxylic acids is 1. The molecular weight excluding hydrogens is 362 g/mol. The van der Waals surface area contributed by atoms with Crippen molar-refractivity contribution in [3.8, 4) is 0 Å². The fourth-order valence-corrected chi connectivity index (χ4v) is 5.17. The number of hydrogen-bond donors (Lipinski definition) is 4. The standard InChI is InChI=1S/C21H29NO6/c1-11(23)18(21(27)28)22-19-15(20(26)17(25)10-16(19)24)9-13-7-4-6-12-5-2-3-8-14(12)13/h10-14,18,22-24H,2-9H2,1H3,(H,27,28). The van der Waals surface area contributed by atoms with Gasteiger partial charge in [0.1, 0.15) is 5.76 Å². The first-order valence-electron chi connectivity index (χ1n) is 10.2. The Bertz CT molecular complexity index is 720. The maximum absolute atomic E-state index is 12.6. The highest BCUT2D eigenvalue weighted by Gasteiger charge is 2.39. The van der Waals surface area contributed by atoms with Crippen LogP contribution in [-0.2, 0) is 14.4 Å². The van der Waals surface area contributed by atoms with Crippen LogP contribution >= 0.6 is 0 Å². The van der Waals surface area contributed by atoms with Gasteiger partial charge in [0, 0.05) is 11.6 Å². The minimum atomic E-state index is -1.39. The van der Waals surface area contributed by atoms with Crippen LogP contribution in [0.1, 0.15) is 58.3 Å². The fourth-order valence-electron chi connectivity index (χ4n) is 5.17. The molecule has 5 atom stereocenters. The number of carboxylic acids is 1. The van der Waals surface area contributed by atoms with E-state index in [9.17, 15) is 29.7 Å². The number of carbonyl (C=O) groups is 3. The van der Waals surface area contributed by atoms with Gasteiger partial charge in [-0.25, -0.2) is 4.79 Å². The minimum absolute atomic E-state index is 0.0316. The minimum Gasteiger partial charge on any atom is -0.506 e. The molecule has 3 aliphatic rings. The summed E-state index contributed by atoms with van der Waals surface area (Å²) in [5, 5.41) is 32.0. The van der Waals surface area contributed by atoms with E-state index in [1.807, 2.05) is 0 Å². The number of Topliss-reactive ketones (excluding diaryl/α,β-unsaturated/α-hetero) is 1. The van der Waals surface area contributed by atoms with Gasteiger partial charge < -0.3 is 20.6 Å². The van der Waals surface area contributed by atoms with Gasteiger partial charge in [0.25, 0.3) is 0 Å². The zero-order chi connectivity index (χ0) is 20.4. The van der Waals surface area contributed by atoms with Crippen molar-refractivity contribution in [1.29, 1.82) is 0 Å². The molecule has 5 unspecified atom stereocenters. The van der Waals surface area contributed by atoms with Gasteiger partial charge >= 0.3 is 5.97 Å². The molecule has 2 fully saturated rings. The Labute approximate surface area is 164 Å². The molecule has 0 amide bonds. The first kappa shape index (κ1) is 20.6. The number of rotatable bonds is 6. The summed E-state index contributed by atoms with van der Waals surface area (Å²) in [7, 11) is 0. The number of hydrogen-bond acceptors (Lipinski definition) is 6. The Hall–Kier alpha value is -2.15. The average molecular weight is 391 g/mol. The lowest BCUT2D eigenvalue weighted by molar-refractivity contribution is -0.141. The van der Waals surface area contributed by atoms with Gasteiger partial charge in [0.2, 0.25) is 11.6 Å². The molecule has 0 aliphatic heterocycles. The number of carbonyl (C=O) groups excluding carboxylic acids is 2. The van der Waals surface area contributed by atoms with Gasteiger partial charge in [-0.05, 0) is 43.9 Å². The zero-order valence-corrected chi connectivity index (χ0v) is 16.2. The van der Waals surface area contributed by atoms with Crippen molar-refractivity contribution in [2.75, 3.05) is 0 Å². The molecule has 3 aliphatic carbocycles. The molecule has 28 heavy (non-hydrogen) atoms. The van der Waals surface area contributed by atoms with Gasteiger partial charge in [-0.15, -0.1) is 0 Å². The normalized spacial score (nSPS) is 30.4. The number of aliphatic hydroxyl groups is 2. The number of aliphatic hydroxyl groups excluding tert-OH is 2. The third-order valence-corrected chi connectivity index (χ3v) is 6.56. The molecule has 0 radical (unpaired) electrons. The van der Waals surface area contributed by atoms with Gasteiger partial charge in [0.05, 0.1) is 11.8 Å². The summed E-state index contributed by atoms with van der Waals surface area (Å²) in [6.45, 7) is 1.32. The molecule has 7 nitrogen and oxygen atoms in total. The maximum Gasteiger partial charge on any atom is 0.328 e.